The first kappa shape index (κ1) is 22.6. The molecule has 0 fully saturated rings. The number of methoxy groups -OCH3 is 1. The van der Waals surface area contributed by atoms with Gasteiger partial charge in [0.25, 0.3) is 11.8 Å². The highest BCUT2D eigenvalue weighted by Crippen LogP contribution is 2.24. The van der Waals surface area contributed by atoms with Crippen LogP contribution < -0.4 is 10.6 Å². The summed E-state index contributed by atoms with van der Waals surface area (Å²) in [5.41, 5.74) is 3.66. The summed E-state index contributed by atoms with van der Waals surface area (Å²) in [5.74, 6) is 0.261. The van der Waals surface area contributed by atoms with Crippen LogP contribution in [0.1, 0.15) is 31.8 Å². The van der Waals surface area contributed by atoms with Crippen LogP contribution in [0.5, 0.6) is 0 Å². The van der Waals surface area contributed by atoms with Crippen molar-refractivity contribution in [2.75, 3.05) is 24.8 Å². The average molecular weight is 435 g/mol. The molecule has 2 N–H and O–H groups in total. The summed E-state index contributed by atoms with van der Waals surface area (Å²) in [7, 11) is 1.65. The van der Waals surface area contributed by atoms with Gasteiger partial charge in [0.1, 0.15) is 0 Å². The molecule has 0 atom stereocenters. The standard InChI is InChI=1S/C25H26N2O3S/c1-18-11-13-19(14-12-18)17-26-24(28)20-7-3-5-9-22(20)27-25(29)21-8-4-6-10-23(21)31-16-15-30-2/h3-14H,15-17H2,1-2H3,(H,26,28)(H,27,29). The van der Waals surface area contributed by atoms with Gasteiger partial charge in [0.2, 0.25) is 0 Å². The lowest BCUT2D eigenvalue weighted by molar-refractivity contribution is 0.0952. The van der Waals surface area contributed by atoms with Crippen LogP contribution >= 0.6 is 11.8 Å². The van der Waals surface area contributed by atoms with Crippen LogP contribution in [-0.4, -0.2) is 31.3 Å². The van der Waals surface area contributed by atoms with Gasteiger partial charge in [-0.25, -0.2) is 0 Å². The molecule has 3 rings (SSSR count). The number of amides is 2. The first-order valence-electron chi connectivity index (χ1n) is 10.0. The third kappa shape index (κ3) is 6.44. The first-order chi connectivity index (χ1) is 15.1. The fraction of sp³-hybridized carbons (Fsp3) is 0.200. The smallest absolute Gasteiger partial charge is 0.256 e. The van der Waals surface area contributed by atoms with E-state index in [1.165, 1.54) is 5.56 Å². The van der Waals surface area contributed by atoms with Crippen molar-refractivity contribution in [3.05, 3.63) is 95.1 Å². The molecule has 160 valence electrons. The normalized spacial score (nSPS) is 10.5. The van der Waals surface area contributed by atoms with Crippen LogP contribution in [0.2, 0.25) is 0 Å². The number of hydrogen-bond acceptors (Lipinski definition) is 4. The largest absolute Gasteiger partial charge is 0.384 e. The number of carbonyl (C=O) groups excluding carboxylic acids is 2. The van der Waals surface area contributed by atoms with Crippen molar-refractivity contribution < 1.29 is 14.3 Å². The molecular weight excluding hydrogens is 408 g/mol. The third-order valence-corrected chi connectivity index (χ3v) is 5.71. The van der Waals surface area contributed by atoms with Gasteiger partial charge in [-0.1, -0.05) is 54.1 Å². The monoisotopic (exact) mass is 434 g/mol. The minimum Gasteiger partial charge on any atom is -0.384 e. The number of aryl methyl sites for hydroxylation is 1. The first-order valence-corrected chi connectivity index (χ1v) is 11.0. The van der Waals surface area contributed by atoms with Gasteiger partial charge in [-0.15, -0.1) is 11.8 Å². The highest BCUT2D eigenvalue weighted by Gasteiger charge is 2.16. The number of benzene rings is 3. The summed E-state index contributed by atoms with van der Waals surface area (Å²) in [4.78, 5) is 26.6. The van der Waals surface area contributed by atoms with Crippen molar-refractivity contribution in [1.29, 1.82) is 0 Å². The maximum atomic E-state index is 13.0. The number of rotatable bonds is 9. The van der Waals surface area contributed by atoms with E-state index in [0.29, 0.717) is 30.0 Å². The Kier molecular flexibility index (Phi) is 8.27. The van der Waals surface area contributed by atoms with Crippen LogP contribution in [0.3, 0.4) is 0 Å². The summed E-state index contributed by atoms with van der Waals surface area (Å²) < 4.78 is 5.10. The molecule has 0 aliphatic rings. The van der Waals surface area contributed by atoms with Crippen molar-refractivity contribution in [2.45, 2.75) is 18.4 Å². The molecule has 0 unspecified atom stereocenters. The number of nitrogens with one attached hydrogen (secondary N) is 2. The van der Waals surface area contributed by atoms with Gasteiger partial charge < -0.3 is 15.4 Å². The zero-order chi connectivity index (χ0) is 22.1. The summed E-state index contributed by atoms with van der Waals surface area (Å²) >= 11 is 1.56. The zero-order valence-electron chi connectivity index (χ0n) is 17.7. The Morgan fingerprint density at radius 2 is 1.55 bits per heavy atom. The van der Waals surface area contributed by atoms with Crippen LogP contribution in [0, 0.1) is 6.92 Å². The highest BCUT2D eigenvalue weighted by atomic mass is 32.2. The van der Waals surface area contributed by atoms with Gasteiger partial charge in [0.15, 0.2) is 0 Å². The predicted octanol–water partition coefficient (Wildman–Crippen LogP) is 4.92. The molecule has 0 heterocycles. The Morgan fingerprint density at radius 1 is 0.871 bits per heavy atom. The average Bonchev–Trinajstić information content (AvgIpc) is 2.79. The quantitative estimate of drug-likeness (QED) is 0.371. The number of ether oxygens (including phenoxy) is 1. The van der Waals surface area contributed by atoms with Crippen LogP contribution in [0.25, 0.3) is 0 Å². The third-order valence-electron chi connectivity index (χ3n) is 4.67. The van der Waals surface area contributed by atoms with Crippen molar-refractivity contribution in [1.82, 2.24) is 5.32 Å². The Morgan fingerprint density at radius 3 is 2.29 bits per heavy atom. The summed E-state index contributed by atoms with van der Waals surface area (Å²) in [6, 6.07) is 22.4. The Labute approximate surface area is 187 Å². The molecule has 3 aromatic carbocycles. The van der Waals surface area contributed by atoms with Crippen molar-refractivity contribution >= 4 is 29.3 Å². The van der Waals surface area contributed by atoms with E-state index in [1.54, 1.807) is 49.2 Å². The number of thioether (sulfide) groups is 1. The van der Waals surface area contributed by atoms with E-state index in [1.807, 2.05) is 49.4 Å². The van der Waals surface area contributed by atoms with E-state index < -0.39 is 0 Å². The van der Waals surface area contributed by atoms with Gasteiger partial charge in [0, 0.05) is 24.3 Å². The maximum absolute atomic E-state index is 13.0. The Hall–Kier alpha value is -3.09. The molecule has 3 aromatic rings. The van der Waals surface area contributed by atoms with Gasteiger partial charge in [-0.3, -0.25) is 9.59 Å². The van der Waals surface area contributed by atoms with E-state index in [-0.39, 0.29) is 11.8 Å². The van der Waals surface area contributed by atoms with E-state index in [4.69, 9.17) is 4.74 Å². The van der Waals surface area contributed by atoms with E-state index in [2.05, 4.69) is 10.6 Å². The molecule has 0 radical (unpaired) electrons. The Bertz CT molecular complexity index is 1030. The molecule has 5 nitrogen and oxygen atoms in total. The minimum atomic E-state index is -0.251. The topological polar surface area (TPSA) is 67.4 Å². The van der Waals surface area contributed by atoms with E-state index in [0.717, 1.165) is 16.2 Å². The number of para-hydroxylation sites is 1. The molecule has 31 heavy (non-hydrogen) atoms. The minimum absolute atomic E-state index is 0.237. The van der Waals surface area contributed by atoms with Gasteiger partial charge in [0.05, 0.1) is 23.4 Å². The molecule has 0 saturated carbocycles. The lowest BCUT2D eigenvalue weighted by Crippen LogP contribution is -2.25. The second kappa shape index (κ2) is 11.3. The molecule has 0 spiro atoms. The lowest BCUT2D eigenvalue weighted by Gasteiger charge is -2.13. The number of hydrogen-bond donors (Lipinski definition) is 2. The zero-order valence-corrected chi connectivity index (χ0v) is 18.5. The van der Waals surface area contributed by atoms with E-state index in [9.17, 15) is 9.59 Å². The molecule has 0 aliphatic carbocycles. The number of anilines is 1. The van der Waals surface area contributed by atoms with Gasteiger partial charge in [-0.05, 0) is 36.8 Å². The van der Waals surface area contributed by atoms with Crippen molar-refractivity contribution in [3.8, 4) is 0 Å². The Balaban J connectivity index is 1.71. The summed E-state index contributed by atoms with van der Waals surface area (Å²) in [6.45, 7) is 3.04. The van der Waals surface area contributed by atoms with Crippen molar-refractivity contribution in [3.63, 3.8) is 0 Å². The second-order valence-corrected chi connectivity index (χ2v) is 8.14. The summed E-state index contributed by atoms with van der Waals surface area (Å²) in [5, 5.41) is 5.83. The van der Waals surface area contributed by atoms with Crippen molar-refractivity contribution in [2.24, 2.45) is 0 Å². The summed E-state index contributed by atoms with van der Waals surface area (Å²) in [6.07, 6.45) is 0. The molecular formula is C25H26N2O3S. The molecule has 0 saturated heterocycles. The van der Waals surface area contributed by atoms with Crippen LogP contribution in [0.4, 0.5) is 5.69 Å². The molecule has 2 amide bonds. The fourth-order valence-corrected chi connectivity index (χ4v) is 3.94. The predicted molar refractivity (Wildman–Crippen MR) is 126 cm³/mol. The SMILES string of the molecule is COCCSc1ccccc1C(=O)Nc1ccccc1C(=O)NCc1ccc(C)cc1. The van der Waals surface area contributed by atoms with Gasteiger partial charge in [-0.2, -0.15) is 0 Å². The highest BCUT2D eigenvalue weighted by molar-refractivity contribution is 7.99. The maximum Gasteiger partial charge on any atom is 0.256 e. The molecule has 0 aromatic heterocycles. The van der Waals surface area contributed by atoms with E-state index >= 15 is 0 Å². The second-order valence-electron chi connectivity index (χ2n) is 7.01. The van der Waals surface area contributed by atoms with Crippen LogP contribution in [0.15, 0.2) is 77.7 Å². The van der Waals surface area contributed by atoms with Crippen LogP contribution in [-0.2, 0) is 11.3 Å². The van der Waals surface area contributed by atoms with Gasteiger partial charge >= 0.3 is 0 Å². The number of carbonyl (C=O) groups is 2. The fourth-order valence-electron chi connectivity index (χ4n) is 2.98. The molecule has 0 aliphatic heterocycles. The molecule has 6 heteroatoms. The molecule has 0 bridgehead atoms. The lowest BCUT2D eigenvalue weighted by atomic mass is 10.1.